The maximum atomic E-state index is 12.3. The zero-order valence-corrected chi connectivity index (χ0v) is 22.8. The van der Waals surface area contributed by atoms with Crippen molar-refractivity contribution in [3.05, 3.63) is 35.9 Å². The lowest BCUT2D eigenvalue weighted by molar-refractivity contribution is -0.143. The summed E-state index contributed by atoms with van der Waals surface area (Å²) in [6, 6.07) is 9.13. The van der Waals surface area contributed by atoms with Crippen LogP contribution in [0.3, 0.4) is 0 Å². The van der Waals surface area contributed by atoms with Crippen LogP contribution in [0.25, 0.3) is 0 Å². The molecule has 0 aliphatic heterocycles. The van der Waals surface area contributed by atoms with Crippen molar-refractivity contribution in [3.63, 3.8) is 0 Å². The number of rotatable bonds is 11. The lowest BCUT2D eigenvalue weighted by Crippen LogP contribution is -2.47. The second-order valence-corrected chi connectivity index (χ2v) is 15.6. The Labute approximate surface area is 200 Å². The first-order chi connectivity index (χ1) is 15.1. The van der Waals surface area contributed by atoms with Gasteiger partial charge in [0.25, 0.3) is 0 Å². The first-order valence-corrected chi connectivity index (χ1v) is 14.4. The minimum atomic E-state index is -2.08. The van der Waals surface area contributed by atoms with Crippen LogP contribution in [0.5, 0.6) is 0 Å². The van der Waals surface area contributed by atoms with Crippen molar-refractivity contribution in [2.75, 3.05) is 13.7 Å². The highest BCUT2D eigenvalue weighted by Gasteiger charge is 2.39. The number of alkyl carbamates (subject to hydrolysis) is 1. The molecule has 8 heteroatoms. The molecule has 0 fully saturated rings. The molecule has 0 heterocycles. The monoisotopic (exact) mass is 481 g/mol. The maximum absolute atomic E-state index is 12.3. The first kappa shape index (κ1) is 29.1. The average molecular weight is 482 g/mol. The van der Waals surface area contributed by atoms with E-state index in [0.29, 0.717) is 26.1 Å². The summed E-state index contributed by atoms with van der Waals surface area (Å²) in [5.41, 5.74) is 0.423. The third kappa shape index (κ3) is 11.2. The number of carbonyl (C=O) groups excluding carboxylic acids is 2. The number of benzene rings is 1. The lowest BCUT2D eigenvalue weighted by Gasteiger charge is -2.39. The van der Waals surface area contributed by atoms with Crippen molar-refractivity contribution in [2.24, 2.45) is 0 Å². The molecule has 0 bridgehead atoms. The molecule has 0 spiro atoms. The number of methoxy groups -OCH3 is 1. The van der Waals surface area contributed by atoms with Crippen molar-refractivity contribution in [3.8, 4) is 0 Å². The summed E-state index contributed by atoms with van der Waals surface area (Å²) in [6.07, 6.45) is -0.00109. The van der Waals surface area contributed by atoms with Gasteiger partial charge in [0.15, 0.2) is 8.32 Å². The molecule has 2 atom stereocenters. The van der Waals surface area contributed by atoms with E-state index in [-0.39, 0.29) is 11.1 Å². The van der Waals surface area contributed by atoms with Crippen molar-refractivity contribution < 1.29 is 28.2 Å². The number of amides is 1. The van der Waals surface area contributed by atoms with Gasteiger partial charge in [0, 0.05) is 0 Å². The number of carbonyl (C=O) groups is 2. The van der Waals surface area contributed by atoms with E-state index in [0.717, 1.165) is 5.56 Å². The molecule has 7 nitrogen and oxygen atoms in total. The molecule has 0 aliphatic carbocycles. The van der Waals surface area contributed by atoms with Crippen molar-refractivity contribution in [2.45, 2.75) is 96.9 Å². The van der Waals surface area contributed by atoms with E-state index >= 15 is 0 Å². The Morgan fingerprint density at radius 1 is 1.00 bits per heavy atom. The van der Waals surface area contributed by atoms with Gasteiger partial charge in [-0.1, -0.05) is 51.1 Å². The van der Waals surface area contributed by atoms with Gasteiger partial charge in [-0.15, -0.1) is 0 Å². The standard InChI is InChI=1S/C25H43NO6Si/c1-24(2,3)31-23(28)26-21(22(27)29-7)16-15-20(32-33(8,9)25(4,5)6)18-30-17-19-13-11-10-12-14-19/h10-14,20-21H,15-18H2,1-9H3,(H,26,28)/t20-,21-/m0/s1. The number of hydrogen-bond acceptors (Lipinski definition) is 6. The predicted molar refractivity (Wildman–Crippen MR) is 133 cm³/mol. The molecule has 0 saturated carbocycles. The first-order valence-electron chi connectivity index (χ1n) is 11.5. The van der Waals surface area contributed by atoms with Crippen LogP contribution in [0, 0.1) is 0 Å². The van der Waals surface area contributed by atoms with Crippen LogP contribution < -0.4 is 5.32 Å². The Morgan fingerprint density at radius 2 is 1.61 bits per heavy atom. The zero-order chi connectivity index (χ0) is 25.3. The molecule has 33 heavy (non-hydrogen) atoms. The quantitative estimate of drug-likeness (QED) is 0.335. The minimum Gasteiger partial charge on any atom is -0.467 e. The minimum absolute atomic E-state index is 0.0290. The van der Waals surface area contributed by atoms with Gasteiger partial charge in [-0.3, -0.25) is 0 Å². The molecule has 1 aromatic rings. The Bertz CT molecular complexity index is 740. The second-order valence-electron chi connectivity index (χ2n) is 10.8. The normalized spacial score (nSPS) is 14.3. The van der Waals surface area contributed by atoms with E-state index in [4.69, 9.17) is 18.6 Å². The molecular weight excluding hydrogens is 438 g/mol. The van der Waals surface area contributed by atoms with Gasteiger partial charge in [0.05, 0.1) is 26.4 Å². The predicted octanol–water partition coefficient (Wildman–Crippen LogP) is 5.44. The van der Waals surface area contributed by atoms with E-state index in [1.54, 1.807) is 20.8 Å². The topological polar surface area (TPSA) is 83.1 Å². The van der Waals surface area contributed by atoms with Crippen LogP contribution >= 0.6 is 0 Å². The van der Waals surface area contributed by atoms with Gasteiger partial charge >= 0.3 is 12.1 Å². The van der Waals surface area contributed by atoms with Crippen LogP contribution in [0.4, 0.5) is 4.79 Å². The summed E-state index contributed by atoms with van der Waals surface area (Å²) >= 11 is 0. The van der Waals surface area contributed by atoms with Crippen LogP contribution in [-0.4, -0.2) is 51.8 Å². The second kappa shape index (κ2) is 12.5. The van der Waals surface area contributed by atoms with Crippen molar-refractivity contribution >= 4 is 20.4 Å². The van der Waals surface area contributed by atoms with Crippen LogP contribution in [0.15, 0.2) is 30.3 Å². The highest BCUT2D eigenvalue weighted by Crippen LogP contribution is 2.37. The summed E-state index contributed by atoms with van der Waals surface area (Å²) in [5, 5.41) is 2.66. The van der Waals surface area contributed by atoms with Gasteiger partial charge in [-0.2, -0.15) is 0 Å². The summed E-state index contributed by atoms with van der Waals surface area (Å²) in [7, 11) is -0.772. The van der Waals surface area contributed by atoms with Crippen molar-refractivity contribution in [1.29, 1.82) is 0 Å². The number of hydrogen-bond donors (Lipinski definition) is 1. The molecule has 1 aromatic carbocycles. The van der Waals surface area contributed by atoms with Gasteiger partial charge in [-0.05, 0) is 57.3 Å². The average Bonchev–Trinajstić information content (AvgIpc) is 2.68. The molecule has 1 rings (SSSR count). The Balaban J connectivity index is 2.86. The maximum Gasteiger partial charge on any atom is 0.408 e. The summed E-state index contributed by atoms with van der Waals surface area (Å²) in [5.74, 6) is -0.517. The number of nitrogens with one attached hydrogen (secondary N) is 1. The molecule has 0 aromatic heterocycles. The molecule has 0 aliphatic rings. The highest BCUT2D eigenvalue weighted by atomic mass is 28.4. The number of ether oxygens (including phenoxy) is 3. The van der Waals surface area contributed by atoms with E-state index in [1.807, 2.05) is 30.3 Å². The van der Waals surface area contributed by atoms with E-state index in [1.165, 1.54) is 7.11 Å². The molecule has 0 saturated heterocycles. The molecular formula is C25H43NO6Si. The zero-order valence-electron chi connectivity index (χ0n) is 21.8. The van der Waals surface area contributed by atoms with E-state index in [2.05, 4.69) is 39.2 Å². The summed E-state index contributed by atoms with van der Waals surface area (Å²) < 4.78 is 22.8. The van der Waals surface area contributed by atoms with Gasteiger partial charge in [0.2, 0.25) is 0 Å². The molecule has 0 unspecified atom stereocenters. The molecule has 0 radical (unpaired) electrons. The number of esters is 1. The smallest absolute Gasteiger partial charge is 0.408 e. The van der Waals surface area contributed by atoms with E-state index in [9.17, 15) is 9.59 Å². The SMILES string of the molecule is COC(=O)[C@H](CC[C@@H](COCc1ccccc1)O[Si](C)(C)C(C)(C)C)NC(=O)OC(C)(C)C. The lowest BCUT2D eigenvalue weighted by atomic mass is 10.1. The van der Waals surface area contributed by atoms with Crippen molar-refractivity contribution in [1.82, 2.24) is 5.32 Å². The fourth-order valence-electron chi connectivity index (χ4n) is 2.85. The van der Waals surface area contributed by atoms with Gasteiger partial charge in [-0.25, -0.2) is 9.59 Å². The summed E-state index contributed by atoms with van der Waals surface area (Å²) in [4.78, 5) is 24.5. The molecule has 1 N–H and O–H groups in total. The van der Waals surface area contributed by atoms with Gasteiger partial charge < -0.3 is 24.0 Å². The Kier molecular flexibility index (Phi) is 11.1. The fourth-order valence-corrected chi connectivity index (χ4v) is 4.22. The largest absolute Gasteiger partial charge is 0.467 e. The third-order valence-electron chi connectivity index (χ3n) is 5.64. The molecule has 1 amide bonds. The van der Waals surface area contributed by atoms with Gasteiger partial charge in [0.1, 0.15) is 11.6 Å². The van der Waals surface area contributed by atoms with Crippen LogP contribution in [0.1, 0.15) is 59.9 Å². The fraction of sp³-hybridized carbons (Fsp3) is 0.680. The van der Waals surface area contributed by atoms with Crippen LogP contribution in [-0.2, 0) is 30.0 Å². The van der Waals surface area contributed by atoms with E-state index < -0.39 is 32.0 Å². The summed E-state index contributed by atoms with van der Waals surface area (Å²) in [6.45, 7) is 17.1. The van der Waals surface area contributed by atoms with Crippen LogP contribution in [0.2, 0.25) is 18.1 Å². The highest BCUT2D eigenvalue weighted by molar-refractivity contribution is 6.74. The third-order valence-corrected chi connectivity index (χ3v) is 10.2. The Hall–Kier alpha value is -1.90. The molecule has 188 valence electrons. The Morgan fingerprint density at radius 3 is 2.12 bits per heavy atom.